The van der Waals surface area contributed by atoms with Crippen LogP contribution in [0.3, 0.4) is 0 Å². The number of piperazine rings is 1. The van der Waals surface area contributed by atoms with Gasteiger partial charge < -0.3 is 10.4 Å². The number of hydrogen-bond donors (Lipinski definition) is 3. The molecule has 6 nitrogen and oxygen atoms in total. The van der Waals surface area contributed by atoms with Gasteiger partial charge in [0.05, 0.1) is 11.4 Å². The van der Waals surface area contributed by atoms with Gasteiger partial charge >= 0.3 is 0 Å². The van der Waals surface area contributed by atoms with Crippen molar-refractivity contribution in [2.75, 3.05) is 19.6 Å². The summed E-state index contributed by atoms with van der Waals surface area (Å²) in [5.74, 6) is -0.588. The Morgan fingerprint density at radius 1 is 1.29 bits per heavy atom. The number of phenols is 1. The maximum absolute atomic E-state index is 14.5. The summed E-state index contributed by atoms with van der Waals surface area (Å²) in [4.78, 5) is 7.07. The van der Waals surface area contributed by atoms with Gasteiger partial charge in [-0.1, -0.05) is 6.92 Å². The summed E-state index contributed by atoms with van der Waals surface area (Å²) in [6.45, 7) is 10.1. The fourth-order valence-electron chi connectivity index (χ4n) is 3.93. The Hall–Kier alpha value is -2.51. The van der Waals surface area contributed by atoms with Crippen molar-refractivity contribution in [2.24, 2.45) is 0 Å². The molecule has 28 heavy (non-hydrogen) atoms. The van der Waals surface area contributed by atoms with E-state index in [1.54, 1.807) is 6.07 Å². The van der Waals surface area contributed by atoms with E-state index < -0.39 is 5.82 Å². The fraction of sp³-hybridized carbons (Fsp3) is 0.429. The highest BCUT2D eigenvalue weighted by atomic mass is 19.1. The molecule has 1 aromatic carbocycles. The molecule has 0 amide bonds. The second-order valence-corrected chi connectivity index (χ2v) is 7.99. The Labute approximate surface area is 163 Å². The minimum absolute atomic E-state index is 0.0217. The van der Waals surface area contributed by atoms with Crippen LogP contribution < -0.4 is 5.32 Å². The van der Waals surface area contributed by atoms with Crippen LogP contribution in [-0.2, 0) is 13.0 Å². The SMILES string of the molecule is CCc1n[nH]c2nc(-c3ccc(O)cc3F)cc(CN3CCNCC3(C)C)c12. The number of pyridine rings is 1. The molecule has 3 aromatic rings. The summed E-state index contributed by atoms with van der Waals surface area (Å²) >= 11 is 0. The number of aryl methyl sites for hydroxylation is 1. The predicted molar refractivity (Wildman–Crippen MR) is 108 cm³/mol. The molecule has 1 aliphatic heterocycles. The molecule has 0 atom stereocenters. The van der Waals surface area contributed by atoms with Gasteiger partial charge in [-0.3, -0.25) is 10.00 Å². The zero-order valence-corrected chi connectivity index (χ0v) is 16.5. The third-order valence-corrected chi connectivity index (χ3v) is 5.58. The Morgan fingerprint density at radius 3 is 2.82 bits per heavy atom. The smallest absolute Gasteiger partial charge is 0.156 e. The number of aromatic amines is 1. The third kappa shape index (κ3) is 3.36. The van der Waals surface area contributed by atoms with Crippen molar-refractivity contribution in [3.63, 3.8) is 0 Å². The molecule has 0 spiro atoms. The average Bonchev–Trinajstić information content (AvgIpc) is 3.06. The van der Waals surface area contributed by atoms with Crippen LogP contribution in [0.4, 0.5) is 4.39 Å². The van der Waals surface area contributed by atoms with Crippen molar-refractivity contribution in [3.8, 4) is 17.0 Å². The highest BCUT2D eigenvalue weighted by Crippen LogP contribution is 2.31. The van der Waals surface area contributed by atoms with Crippen LogP contribution in [0, 0.1) is 5.82 Å². The van der Waals surface area contributed by atoms with E-state index in [4.69, 9.17) is 0 Å². The molecule has 1 saturated heterocycles. The number of nitrogens with one attached hydrogen (secondary N) is 2. The molecule has 0 saturated carbocycles. The fourth-order valence-corrected chi connectivity index (χ4v) is 3.93. The lowest BCUT2D eigenvalue weighted by Crippen LogP contribution is -2.57. The van der Waals surface area contributed by atoms with Gasteiger partial charge in [-0.25, -0.2) is 9.37 Å². The summed E-state index contributed by atoms with van der Waals surface area (Å²) in [5.41, 5.74) is 3.67. The molecule has 0 aliphatic carbocycles. The topological polar surface area (TPSA) is 77.1 Å². The number of hydrogen-bond acceptors (Lipinski definition) is 5. The lowest BCUT2D eigenvalue weighted by atomic mass is 9.97. The number of rotatable bonds is 4. The maximum atomic E-state index is 14.5. The first-order chi connectivity index (χ1) is 13.4. The van der Waals surface area contributed by atoms with Crippen LogP contribution in [0.25, 0.3) is 22.3 Å². The first-order valence-electron chi connectivity index (χ1n) is 9.70. The van der Waals surface area contributed by atoms with Crippen LogP contribution in [-0.4, -0.2) is 50.4 Å². The first-order valence-corrected chi connectivity index (χ1v) is 9.70. The van der Waals surface area contributed by atoms with Crippen molar-refractivity contribution in [3.05, 3.63) is 41.3 Å². The number of phenolic OH excluding ortho intramolecular Hbond substituents is 1. The van der Waals surface area contributed by atoms with Gasteiger partial charge in [0, 0.05) is 48.7 Å². The van der Waals surface area contributed by atoms with Gasteiger partial charge in [0.15, 0.2) is 5.65 Å². The minimum Gasteiger partial charge on any atom is -0.508 e. The lowest BCUT2D eigenvalue weighted by Gasteiger charge is -2.43. The van der Waals surface area contributed by atoms with E-state index in [0.29, 0.717) is 16.9 Å². The first kappa shape index (κ1) is 18.8. The largest absolute Gasteiger partial charge is 0.508 e. The molecular weight excluding hydrogens is 357 g/mol. The second kappa shape index (κ2) is 7.14. The number of fused-ring (bicyclic) bond motifs is 1. The van der Waals surface area contributed by atoms with Crippen LogP contribution in [0.5, 0.6) is 5.75 Å². The van der Waals surface area contributed by atoms with E-state index in [1.807, 2.05) is 6.07 Å². The Morgan fingerprint density at radius 2 is 2.11 bits per heavy atom. The third-order valence-electron chi connectivity index (χ3n) is 5.58. The van der Waals surface area contributed by atoms with E-state index >= 15 is 0 Å². The zero-order valence-electron chi connectivity index (χ0n) is 16.5. The van der Waals surface area contributed by atoms with E-state index in [1.165, 1.54) is 6.07 Å². The number of nitrogens with zero attached hydrogens (tertiary/aromatic N) is 3. The molecule has 3 N–H and O–H groups in total. The van der Waals surface area contributed by atoms with Gasteiger partial charge in [0.2, 0.25) is 0 Å². The molecule has 1 fully saturated rings. The molecule has 2 aromatic heterocycles. The number of H-pyrrole nitrogens is 1. The van der Waals surface area contributed by atoms with E-state index in [2.05, 4.69) is 46.2 Å². The number of aromatic nitrogens is 3. The number of aromatic hydroxyl groups is 1. The summed E-state index contributed by atoms with van der Waals surface area (Å²) < 4.78 is 14.5. The van der Waals surface area contributed by atoms with E-state index in [-0.39, 0.29) is 11.3 Å². The average molecular weight is 383 g/mol. The van der Waals surface area contributed by atoms with Gasteiger partial charge in [-0.15, -0.1) is 0 Å². The van der Waals surface area contributed by atoms with Crippen LogP contribution in [0.15, 0.2) is 24.3 Å². The van der Waals surface area contributed by atoms with Crippen molar-refractivity contribution in [2.45, 2.75) is 39.3 Å². The molecule has 7 heteroatoms. The summed E-state index contributed by atoms with van der Waals surface area (Å²) in [7, 11) is 0. The molecule has 148 valence electrons. The molecule has 1 aliphatic rings. The zero-order chi connectivity index (χ0) is 19.9. The van der Waals surface area contributed by atoms with Gasteiger partial charge in [-0.2, -0.15) is 5.10 Å². The molecule has 3 heterocycles. The monoisotopic (exact) mass is 383 g/mol. The minimum atomic E-state index is -0.490. The van der Waals surface area contributed by atoms with Gasteiger partial charge in [0.25, 0.3) is 0 Å². The number of halogens is 1. The van der Waals surface area contributed by atoms with Gasteiger partial charge in [0.1, 0.15) is 11.6 Å². The van der Waals surface area contributed by atoms with E-state index in [9.17, 15) is 9.50 Å². The molecule has 0 unspecified atom stereocenters. The molecular formula is C21H26FN5O. The second-order valence-electron chi connectivity index (χ2n) is 7.99. The highest BCUT2D eigenvalue weighted by molar-refractivity contribution is 5.85. The van der Waals surface area contributed by atoms with Crippen LogP contribution >= 0.6 is 0 Å². The standard InChI is InChI=1S/C21H26FN5O/c1-4-17-19-13(11-27-8-7-23-12-21(27,2)3)9-18(24-20(19)26-25-17)15-6-5-14(28)10-16(15)22/h5-6,9-10,23,28H,4,7-8,11-12H2,1-3H3,(H,24,25,26). The predicted octanol–water partition coefficient (Wildman–Crippen LogP) is 3.22. The molecule has 0 radical (unpaired) electrons. The van der Waals surface area contributed by atoms with Crippen molar-refractivity contribution in [1.29, 1.82) is 0 Å². The summed E-state index contributed by atoms with van der Waals surface area (Å²) in [6, 6.07) is 6.12. The van der Waals surface area contributed by atoms with Crippen LogP contribution in [0.2, 0.25) is 0 Å². The Balaban J connectivity index is 1.84. The van der Waals surface area contributed by atoms with Crippen LogP contribution in [0.1, 0.15) is 32.0 Å². The highest BCUT2D eigenvalue weighted by Gasteiger charge is 2.30. The van der Waals surface area contributed by atoms with Gasteiger partial charge in [-0.05, 0) is 44.0 Å². The molecule has 4 rings (SSSR count). The molecule has 0 bridgehead atoms. The summed E-state index contributed by atoms with van der Waals surface area (Å²) in [6.07, 6.45) is 0.798. The normalized spacial score (nSPS) is 17.3. The number of benzene rings is 1. The van der Waals surface area contributed by atoms with E-state index in [0.717, 1.165) is 55.3 Å². The maximum Gasteiger partial charge on any atom is 0.156 e. The Bertz CT molecular complexity index is 1010. The lowest BCUT2D eigenvalue weighted by molar-refractivity contribution is 0.0832. The van der Waals surface area contributed by atoms with Crippen molar-refractivity contribution < 1.29 is 9.50 Å². The van der Waals surface area contributed by atoms with Crippen molar-refractivity contribution in [1.82, 2.24) is 25.4 Å². The van der Waals surface area contributed by atoms with Crippen molar-refractivity contribution >= 4 is 11.0 Å². The Kier molecular flexibility index (Phi) is 4.81. The summed E-state index contributed by atoms with van der Waals surface area (Å²) in [5, 5.41) is 21.4. The quantitative estimate of drug-likeness (QED) is 0.645.